The first-order chi connectivity index (χ1) is 10.2. The molecule has 2 nitrogen and oxygen atoms in total. The Labute approximate surface area is 129 Å². The van der Waals surface area contributed by atoms with E-state index in [1.165, 1.54) is 61.9 Å². The highest BCUT2D eigenvalue weighted by atomic mass is 15.2. The Morgan fingerprint density at radius 1 is 1.19 bits per heavy atom. The minimum atomic E-state index is 0.463. The maximum Gasteiger partial charge on any atom is 0.0449 e. The van der Waals surface area contributed by atoms with E-state index in [0.29, 0.717) is 6.04 Å². The van der Waals surface area contributed by atoms with E-state index in [-0.39, 0.29) is 0 Å². The second-order valence-electron chi connectivity index (χ2n) is 7.10. The van der Waals surface area contributed by atoms with Crippen molar-refractivity contribution in [3.63, 3.8) is 0 Å². The molecule has 116 valence electrons. The normalized spacial score (nSPS) is 27.6. The molecule has 0 radical (unpaired) electrons. The minimum Gasteiger partial charge on any atom is -0.312 e. The zero-order valence-electron chi connectivity index (χ0n) is 13.9. The van der Waals surface area contributed by atoms with Crippen LogP contribution >= 0.6 is 0 Å². The van der Waals surface area contributed by atoms with Crippen LogP contribution in [-0.2, 0) is 0 Å². The van der Waals surface area contributed by atoms with Crippen molar-refractivity contribution >= 4 is 0 Å². The van der Waals surface area contributed by atoms with E-state index >= 15 is 0 Å². The third-order valence-corrected chi connectivity index (χ3v) is 5.67. The number of hydrogen-bond acceptors (Lipinski definition) is 2. The standard InChI is InChI=1S/C19H30N2/c1-14-9-10-17(15(2)12-14)18(20-3)13-21-11-5-7-16-6-4-8-19(16)21/h9-10,12,16,18-20H,4-8,11,13H2,1-3H3. The number of nitrogens with one attached hydrogen (secondary N) is 1. The molecule has 0 aromatic heterocycles. The summed E-state index contributed by atoms with van der Waals surface area (Å²) in [4.78, 5) is 2.78. The van der Waals surface area contributed by atoms with Crippen LogP contribution in [0.15, 0.2) is 18.2 Å². The Balaban J connectivity index is 1.74. The average Bonchev–Trinajstić information content (AvgIpc) is 2.94. The van der Waals surface area contributed by atoms with Crippen LogP contribution < -0.4 is 5.32 Å². The van der Waals surface area contributed by atoms with Gasteiger partial charge < -0.3 is 5.32 Å². The van der Waals surface area contributed by atoms with Gasteiger partial charge in [0, 0.05) is 18.6 Å². The monoisotopic (exact) mass is 286 g/mol. The quantitative estimate of drug-likeness (QED) is 0.905. The largest absolute Gasteiger partial charge is 0.312 e. The molecular weight excluding hydrogens is 256 g/mol. The summed E-state index contributed by atoms with van der Waals surface area (Å²) < 4.78 is 0. The van der Waals surface area contributed by atoms with Crippen LogP contribution in [0.3, 0.4) is 0 Å². The van der Waals surface area contributed by atoms with Crippen molar-refractivity contribution in [2.24, 2.45) is 5.92 Å². The molecule has 1 aromatic carbocycles. The van der Waals surface area contributed by atoms with Gasteiger partial charge in [0.1, 0.15) is 0 Å². The maximum absolute atomic E-state index is 3.56. The molecule has 1 saturated heterocycles. The number of fused-ring (bicyclic) bond motifs is 1. The molecule has 21 heavy (non-hydrogen) atoms. The number of hydrogen-bond donors (Lipinski definition) is 1. The number of piperidine rings is 1. The molecule has 1 aliphatic heterocycles. The predicted molar refractivity (Wildman–Crippen MR) is 89.7 cm³/mol. The van der Waals surface area contributed by atoms with Gasteiger partial charge in [0.25, 0.3) is 0 Å². The van der Waals surface area contributed by atoms with Crippen LogP contribution in [0.25, 0.3) is 0 Å². The van der Waals surface area contributed by atoms with Crippen molar-refractivity contribution in [1.82, 2.24) is 10.2 Å². The molecule has 3 atom stereocenters. The van der Waals surface area contributed by atoms with Crippen molar-refractivity contribution in [3.05, 3.63) is 34.9 Å². The van der Waals surface area contributed by atoms with Gasteiger partial charge in [-0.1, -0.05) is 30.2 Å². The van der Waals surface area contributed by atoms with Gasteiger partial charge in [-0.3, -0.25) is 4.90 Å². The minimum absolute atomic E-state index is 0.463. The second-order valence-corrected chi connectivity index (χ2v) is 7.10. The van der Waals surface area contributed by atoms with Gasteiger partial charge in [-0.05, 0) is 70.2 Å². The van der Waals surface area contributed by atoms with Crippen LogP contribution in [0, 0.1) is 19.8 Å². The lowest BCUT2D eigenvalue weighted by molar-refractivity contribution is 0.102. The van der Waals surface area contributed by atoms with E-state index in [2.05, 4.69) is 49.3 Å². The highest BCUT2D eigenvalue weighted by Crippen LogP contribution is 2.37. The van der Waals surface area contributed by atoms with Gasteiger partial charge in [0.05, 0.1) is 0 Å². The van der Waals surface area contributed by atoms with Crippen LogP contribution in [0.4, 0.5) is 0 Å². The summed E-state index contributed by atoms with van der Waals surface area (Å²) in [5.74, 6) is 0.982. The lowest BCUT2D eigenvalue weighted by atomic mass is 9.90. The summed E-state index contributed by atoms with van der Waals surface area (Å²) in [5.41, 5.74) is 4.26. The first-order valence-corrected chi connectivity index (χ1v) is 8.67. The van der Waals surface area contributed by atoms with Gasteiger partial charge in [-0.25, -0.2) is 0 Å². The van der Waals surface area contributed by atoms with E-state index in [0.717, 1.165) is 12.0 Å². The van der Waals surface area contributed by atoms with Crippen LogP contribution in [0.2, 0.25) is 0 Å². The van der Waals surface area contributed by atoms with Crippen molar-refractivity contribution in [3.8, 4) is 0 Å². The molecule has 2 aliphatic rings. The fourth-order valence-corrected chi connectivity index (χ4v) is 4.58. The summed E-state index contributed by atoms with van der Waals surface area (Å²) in [6, 6.07) is 8.21. The molecule has 0 amide bonds. The number of nitrogens with zero attached hydrogens (tertiary/aromatic N) is 1. The van der Waals surface area contributed by atoms with Gasteiger partial charge in [0.15, 0.2) is 0 Å². The predicted octanol–water partition coefficient (Wildman–Crippen LogP) is 3.83. The molecule has 2 fully saturated rings. The van der Waals surface area contributed by atoms with Crippen LogP contribution in [0.5, 0.6) is 0 Å². The number of likely N-dealkylation sites (tertiary alicyclic amines) is 1. The fraction of sp³-hybridized carbons (Fsp3) is 0.684. The summed E-state index contributed by atoms with van der Waals surface area (Å²) in [7, 11) is 2.11. The van der Waals surface area contributed by atoms with Gasteiger partial charge >= 0.3 is 0 Å². The van der Waals surface area contributed by atoms with Crippen LogP contribution in [-0.4, -0.2) is 31.1 Å². The molecule has 1 saturated carbocycles. The lowest BCUT2D eigenvalue weighted by Crippen LogP contribution is -2.46. The van der Waals surface area contributed by atoms with Gasteiger partial charge in [-0.2, -0.15) is 0 Å². The molecule has 3 rings (SSSR count). The van der Waals surface area contributed by atoms with E-state index < -0.39 is 0 Å². The average molecular weight is 286 g/mol. The van der Waals surface area contributed by atoms with Gasteiger partial charge in [-0.15, -0.1) is 0 Å². The third-order valence-electron chi connectivity index (χ3n) is 5.67. The summed E-state index contributed by atoms with van der Waals surface area (Å²) in [6.45, 7) is 6.89. The van der Waals surface area contributed by atoms with Crippen molar-refractivity contribution in [2.75, 3.05) is 20.1 Å². The van der Waals surface area contributed by atoms with Crippen molar-refractivity contribution in [2.45, 2.75) is 58.0 Å². The topological polar surface area (TPSA) is 15.3 Å². The number of likely N-dealkylation sites (N-methyl/N-ethyl adjacent to an activating group) is 1. The first kappa shape index (κ1) is 15.1. The van der Waals surface area contributed by atoms with E-state index in [4.69, 9.17) is 0 Å². The maximum atomic E-state index is 3.56. The highest BCUT2D eigenvalue weighted by Gasteiger charge is 2.35. The summed E-state index contributed by atoms with van der Waals surface area (Å²) >= 11 is 0. The Hall–Kier alpha value is -0.860. The van der Waals surface area contributed by atoms with Gasteiger partial charge in [0.2, 0.25) is 0 Å². The molecule has 3 unspecified atom stereocenters. The number of aryl methyl sites for hydroxylation is 2. The third kappa shape index (κ3) is 3.17. The Morgan fingerprint density at radius 3 is 2.76 bits per heavy atom. The Kier molecular flexibility index (Phi) is 4.66. The van der Waals surface area contributed by atoms with E-state index in [1.54, 1.807) is 0 Å². The molecule has 0 bridgehead atoms. The van der Waals surface area contributed by atoms with Crippen LogP contribution in [0.1, 0.15) is 54.8 Å². The SMILES string of the molecule is CNC(CN1CCCC2CCCC21)c1ccc(C)cc1C. The lowest BCUT2D eigenvalue weighted by Gasteiger charge is -2.40. The molecule has 1 heterocycles. The van der Waals surface area contributed by atoms with Crippen molar-refractivity contribution < 1.29 is 0 Å². The summed E-state index contributed by atoms with van der Waals surface area (Å²) in [6.07, 6.45) is 7.20. The smallest absolute Gasteiger partial charge is 0.0449 e. The zero-order chi connectivity index (χ0) is 14.8. The highest BCUT2D eigenvalue weighted by molar-refractivity contribution is 5.33. The molecular formula is C19H30N2. The van der Waals surface area contributed by atoms with E-state index in [1.807, 2.05) is 0 Å². The van der Waals surface area contributed by atoms with E-state index in [9.17, 15) is 0 Å². The number of benzene rings is 1. The summed E-state index contributed by atoms with van der Waals surface area (Å²) in [5, 5.41) is 3.56. The molecule has 1 aliphatic carbocycles. The molecule has 1 aromatic rings. The molecule has 1 N–H and O–H groups in total. The molecule has 2 heteroatoms. The first-order valence-electron chi connectivity index (χ1n) is 8.67. The Morgan fingerprint density at radius 2 is 2.00 bits per heavy atom. The zero-order valence-corrected chi connectivity index (χ0v) is 13.9. The molecule has 0 spiro atoms. The fourth-order valence-electron chi connectivity index (χ4n) is 4.58. The number of rotatable bonds is 4. The Bertz CT molecular complexity index is 482. The second kappa shape index (κ2) is 6.50. The van der Waals surface area contributed by atoms with Crippen molar-refractivity contribution in [1.29, 1.82) is 0 Å².